The molecule has 1 heterocycles. The fourth-order valence-electron chi connectivity index (χ4n) is 4.28. The van der Waals surface area contributed by atoms with Crippen molar-refractivity contribution in [3.8, 4) is 0 Å². The number of nitrogens with zero attached hydrogens (tertiary/aromatic N) is 2. The summed E-state index contributed by atoms with van der Waals surface area (Å²) >= 11 is 3.60. The second-order valence-corrected chi connectivity index (χ2v) is 8.35. The number of hydrogen-bond donors (Lipinski definition) is 1. The van der Waals surface area contributed by atoms with Crippen molar-refractivity contribution in [3.63, 3.8) is 0 Å². The van der Waals surface area contributed by atoms with Crippen LogP contribution in [0.1, 0.15) is 36.2 Å². The Balaban J connectivity index is 1.74. The summed E-state index contributed by atoms with van der Waals surface area (Å²) in [6.07, 6.45) is 3.75. The first-order valence-corrected chi connectivity index (χ1v) is 10.0. The number of rotatable bonds is 4. The number of non-ortho nitro benzene ring substituents is 1. The molecule has 0 spiro atoms. The van der Waals surface area contributed by atoms with E-state index in [1.54, 1.807) is 12.1 Å². The van der Waals surface area contributed by atoms with Crippen LogP contribution in [0.25, 0.3) is 10.9 Å². The maximum Gasteiger partial charge on any atom is 0.269 e. The second-order valence-electron chi connectivity index (χ2n) is 7.44. The average molecular weight is 428 g/mol. The van der Waals surface area contributed by atoms with Crippen LogP contribution in [0.15, 0.2) is 46.9 Å². The zero-order valence-electron chi connectivity index (χ0n) is 15.2. The molecule has 3 aromatic rings. The molecule has 6 heteroatoms. The highest BCUT2D eigenvalue weighted by molar-refractivity contribution is 9.10. The third-order valence-corrected chi connectivity index (χ3v) is 6.02. The quantitative estimate of drug-likeness (QED) is 0.473. The van der Waals surface area contributed by atoms with Crippen LogP contribution in [0, 0.1) is 10.1 Å². The largest absolute Gasteiger partial charge is 0.341 e. The summed E-state index contributed by atoms with van der Waals surface area (Å²) < 4.78 is 3.52. The van der Waals surface area contributed by atoms with Gasteiger partial charge >= 0.3 is 0 Å². The van der Waals surface area contributed by atoms with Crippen molar-refractivity contribution >= 4 is 32.5 Å². The Morgan fingerprint density at radius 2 is 2.04 bits per heavy atom. The van der Waals surface area contributed by atoms with Crippen LogP contribution in [0.2, 0.25) is 0 Å². The van der Waals surface area contributed by atoms with Gasteiger partial charge in [-0.3, -0.25) is 10.1 Å². The number of benzene rings is 2. The van der Waals surface area contributed by atoms with Crippen molar-refractivity contribution in [1.29, 1.82) is 0 Å². The van der Waals surface area contributed by atoms with Crippen molar-refractivity contribution in [3.05, 3.63) is 73.9 Å². The maximum atomic E-state index is 10.9. The molecule has 0 bridgehead atoms. The fraction of sp³-hybridized carbons (Fsp3) is 0.333. The molecule has 0 saturated carbocycles. The summed E-state index contributed by atoms with van der Waals surface area (Å²) in [7, 11) is 0. The molecule has 5 nitrogen and oxygen atoms in total. The molecule has 1 aliphatic carbocycles. The number of nitro groups is 1. The minimum Gasteiger partial charge on any atom is -0.341 e. The molecule has 2 N–H and O–H groups in total. The number of halogens is 1. The summed E-state index contributed by atoms with van der Waals surface area (Å²) in [5.41, 5.74) is 11.5. The van der Waals surface area contributed by atoms with Crippen LogP contribution in [-0.4, -0.2) is 15.5 Å². The summed E-state index contributed by atoms with van der Waals surface area (Å²) in [5.74, 6) is 0. The van der Waals surface area contributed by atoms with Gasteiger partial charge in [-0.05, 0) is 55.5 Å². The molecule has 0 amide bonds. The monoisotopic (exact) mass is 427 g/mol. The minimum absolute atomic E-state index is 0.131. The zero-order valence-corrected chi connectivity index (χ0v) is 16.8. The number of nitrogens with two attached hydrogens (primary N) is 1. The Bertz CT molecular complexity index is 1010. The van der Waals surface area contributed by atoms with Crippen LogP contribution in [0.4, 0.5) is 5.69 Å². The first-order valence-electron chi connectivity index (χ1n) is 9.24. The molecule has 140 valence electrons. The molecule has 0 radical (unpaired) electrons. The molecular weight excluding hydrogens is 406 g/mol. The van der Waals surface area contributed by atoms with E-state index in [1.807, 2.05) is 12.1 Å². The minimum atomic E-state index is -0.359. The van der Waals surface area contributed by atoms with Gasteiger partial charge < -0.3 is 10.3 Å². The molecule has 0 unspecified atom stereocenters. The number of nitro benzene ring substituents is 1. The molecule has 1 aliphatic rings. The lowest BCUT2D eigenvalue weighted by atomic mass is 9.92. The van der Waals surface area contributed by atoms with Gasteiger partial charge in [0.2, 0.25) is 0 Å². The first-order chi connectivity index (χ1) is 12.9. The zero-order chi connectivity index (χ0) is 19.1. The molecule has 27 heavy (non-hydrogen) atoms. The Labute approximate surface area is 166 Å². The Morgan fingerprint density at radius 3 is 2.74 bits per heavy atom. The van der Waals surface area contributed by atoms with Crippen molar-refractivity contribution in [2.75, 3.05) is 0 Å². The summed E-state index contributed by atoms with van der Waals surface area (Å²) in [6.45, 7) is 2.21. The molecule has 0 fully saturated rings. The van der Waals surface area contributed by atoms with Gasteiger partial charge in [0, 0.05) is 51.7 Å². The van der Waals surface area contributed by atoms with Crippen LogP contribution in [0.5, 0.6) is 0 Å². The predicted octanol–water partition coefficient (Wildman–Crippen LogP) is 4.93. The van der Waals surface area contributed by atoms with E-state index in [0.717, 1.165) is 35.7 Å². The average Bonchev–Trinajstić information content (AvgIpc) is 2.94. The lowest BCUT2D eigenvalue weighted by Gasteiger charge is -2.24. The number of hydrogen-bond acceptors (Lipinski definition) is 3. The standard InChI is InChI=1S/C21H22BrN3O2/c1-13(10-14-2-6-17(7-3-14)25(26)27)24-20-9-4-15(22)11-19(20)18-8-5-16(23)12-21(18)24/h2-4,6-7,9,11,13,16H,5,8,10,12,23H2,1H3/t13-,16-/m1/s1. The van der Waals surface area contributed by atoms with E-state index in [0.29, 0.717) is 0 Å². The maximum absolute atomic E-state index is 10.9. The smallest absolute Gasteiger partial charge is 0.269 e. The van der Waals surface area contributed by atoms with Crippen LogP contribution in [-0.2, 0) is 19.3 Å². The van der Waals surface area contributed by atoms with E-state index >= 15 is 0 Å². The highest BCUT2D eigenvalue weighted by Gasteiger charge is 2.26. The van der Waals surface area contributed by atoms with Crippen molar-refractivity contribution in [1.82, 2.24) is 4.57 Å². The van der Waals surface area contributed by atoms with Gasteiger partial charge in [-0.2, -0.15) is 0 Å². The van der Waals surface area contributed by atoms with Gasteiger partial charge in [-0.25, -0.2) is 0 Å². The Morgan fingerprint density at radius 1 is 1.30 bits per heavy atom. The summed E-state index contributed by atoms with van der Waals surface area (Å²) in [5, 5.41) is 12.2. The van der Waals surface area contributed by atoms with Gasteiger partial charge in [-0.15, -0.1) is 0 Å². The lowest BCUT2D eigenvalue weighted by molar-refractivity contribution is -0.384. The molecule has 1 aromatic heterocycles. The summed E-state index contributed by atoms with van der Waals surface area (Å²) in [4.78, 5) is 10.5. The Kier molecular flexibility index (Phi) is 4.78. The van der Waals surface area contributed by atoms with Crippen molar-refractivity contribution in [2.45, 2.75) is 44.7 Å². The molecule has 4 rings (SSSR count). The Hall–Kier alpha value is -2.18. The molecular formula is C21H22BrN3O2. The molecule has 2 atom stereocenters. The van der Waals surface area contributed by atoms with Crippen LogP contribution in [0.3, 0.4) is 0 Å². The van der Waals surface area contributed by atoms with Gasteiger partial charge in [-0.1, -0.05) is 28.1 Å². The number of fused-ring (bicyclic) bond motifs is 3. The highest BCUT2D eigenvalue weighted by atomic mass is 79.9. The van der Waals surface area contributed by atoms with Gasteiger partial charge in [0.05, 0.1) is 4.92 Å². The normalized spacial score (nSPS) is 17.7. The lowest BCUT2D eigenvalue weighted by Crippen LogP contribution is -2.29. The van der Waals surface area contributed by atoms with E-state index in [1.165, 1.54) is 22.2 Å². The van der Waals surface area contributed by atoms with E-state index in [9.17, 15) is 10.1 Å². The van der Waals surface area contributed by atoms with Gasteiger partial charge in [0.25, 0.3) is 5.69 Å². The molecule has 2 aromatic carbocycles. The molecule has 0 saturated heterocycles. The third kappa shape index (κ3) is 3.39. The number of aryl methyl sites for hydroxylation is 1. The fourth-order valence-corrected chi connectivity index (χ4v) is 4.64. The van der Waals surface area contributed by atoms with Crippen LogP contribution >= 0.6 is 15.9 Å². The number of aromatic nitrogens is 1. The van der Waals surface area contributed by atoms with Crippen molar-refractivity contribution in [2.24, 2.45) is 5.73 Å². The van der Waals surface area contributed by atoms with Gasteiger partial charge in [0.1, 0.15) is 0 Å². The van der Waals surface area contributed by atoms with Crippen molar-refractivity contribution < 1.29 is 4.92 Å². The van der Waals surface area contributed by atoms with E-state index in [-0.39, 0.29) is 22.7 Å². The van der Waals surface area contributed by atoms with E-state index in [2.05, 4.69) is 45.6 Å². The highest BCUT2D eigenvalue weighted by Crippen LogP contribution is 2.36. The summed E-state index contributed by atoms with van der Waals surface area (Å²) in [6, 6.07) is 13.8. The van der Waals surface area contributed by atoms with E-state index < -0.39 is 0 Å². The molecule has 0 aliphatic heterocycles. The van der Waals surface area contributed by atoms with E-state index in [4.69, 9.17) is 5.73 Å². The predicted molar refractivity (Wildman–Crippen MR) is 111 cm³/mol. The topological polar surface area (TPSA) is 74.1 Å². The third-order valence-electron chi connectivity index (χ3n) is 5.52. The first kappa shape index (κ1) is 18.2. The SMILES string of the molecule is C[C@H](Cc1ccc([N+](=O)[O-])cc1)n1c2c(c3cc(Br)ccc31)CC[C@@H](N)C2. The van der Waals surface area contributed by atoms with Crippen LogP contribution < -0.4 is 5.73 Å². The second kappa shape index (κ2) is 7.09. The van der Waals surface area contributed by atoms with Gasteiger partial charge in [0.15, 0.2) is 0 Å².